The lowest BCUT2D eigenvalue weighted by atomic mass is 10.2. The molecule has 2 heterocycles. The first-order valence-electron chi connectivity index (χ1n) is 6.80. The summed E-state index contributed by atoms with van der Waals surface area (Å²) in [6, 6.07) is 3.70. The summed E-state index contributed by atoms with van der Waals surface area (Å²) in [7, 11) is 0. The summed E-state index contributed by atoms with van der Waals surface area (Å²) in [6.45, 7) is 7.06. The number of nitrogens with one attached hydrogen (secondary N) is 1. The highest BCUT2D eigenvalue weighted by molar-refractivity contribution is 5.69. The zero-order chi connectivity index (χ0) is 14.8. The standard InChI is InChI=1S/C14H22N4O2/c1-14(2,3)20-13(19)17-10-6-8-18(9-10)12-11(15)5-4-7-16-12/h4-5,7,10H,6,8-9,15H2,1-3H3,(H,17,19)/t10-/m1/s1. The number of nitrogens with two attached hydrogens (primary N) is 1. The fraction of sp³-hybridized carbons (Fsp3) is 0.571. The van der Waals surface area contributed by atoms with Crippen molar-refractivity contribution in [3.63, 3.8) is 0 Å². The van der Waals surface area contributed by atoms with Crippen LogP contribution >= 0.6 is 0 Å². The summed E-state index contributed by atoms with van der Waals surface area (Å²) in [6.07, 6.45) is 2.20. The number of ether oxygens (including phenoxy) is 1. The monoisotopic (exact) mass is 278 g/mol. The summed E-state index contributed by atoms with van der Waals surface area (Å²) in [5.41, 5.74) is 6.09. The van der Waals surface area contributed by atoms with Crippen molar-refractivity contribution < 1.29 is 9.53 Å². The summed E-state index contributed by atoms with van der Waals surface area (Å²) in [4.78, 5) is 18.1. The molecule has 2 rings (SSSR count). The van der Waals surface area contributed by atoms with Crippen LogP contribution in [0.3, 0.4) is 0 Å². The lowest BCUT2D eigenvalue weighted by Crippen LogP contribution is -2.40. The summed E-state index contributed by atoms with van der Waals surface area (Å²) in [5.74, 6) is 0.779. The predicted octanol–water partition coefficient (Wildman–Crippen LogP) is 1.77. The minimum atomic E-state index is -0.478. The Morgan fingerprint density at radius 2 is 2.30 bits per heavy atom. The molecule has 1 atom stereocenters. The van der Waals surface area contributed by atoms with Crippen LogP contribution in [0.5, 0.6) is 0 Å². The number of amides is 1. The van der Waals surface area contributed by atoms with E-state index in [0.717, 1.165) is 18.8 Å². The molecule has 0 radical (unpaired) electrons. The number of nitrogen functional groups attached to an aromatic ring is 1. The first kappa shape index (κ1) is 14.4. The quantitative estimate of drug-likeness (QED) is 0.861. The Hall–Kier alpha value is -1.98. The molecule has 1 aromatic rings. The number of rotatable bonds is 2. The zero-order valence-electron chi connectivity index (χ0n) is 12.2. The van der Waals surface area contributed by atoms with E-state index in [1.54, 1.807) is 6.20 Å². The van der Waals surface area contributed by atoms with E-state index in [9.17, 15) is 4.79 Å². The average Bonchev–Trinajstić information content (AvgIpc) is 2.75. The van der Waals surface area contributed by atoms with E-state index in [1.165, 1.54) is 0 Å². The minimum absolute atomic E-state index is 0.0613. The van der Waals surface area contributed by atoms with E-state index >= 15 is 0 Å². The van der Waals surface area contributed by atoms with Crippen LogP contribution in [0.4, 0.5) is 16.3 Å². The van der Waals surface area contributed by atoms with E-state index in [2.05, 4.69) is 15.2 Å². The molecule has 0 aromatic carbocycles. The van der Waals surface area contributed by atoms with Crippen LogP contribution in [0.25, 0.3) is 0 Å². The number of pyridine rings is 1. The second-order valence-electron chi connectivity index (χ2n) is 5.99. The molecule has 0 unspecified atom stereocenters. The molecule has 1 aliphatic rings. The van der Waals surface area contributed by atoms with Gasteiger partial charge in [0.15, 0.2) is 5.82 Å². The van der Waals surface area contributed by atoms with E-state index in [1.807, 2.05) is 32.9 Å². The minimum Gasteiger partial charge on any atom is -0.444 e. The van der Waals surface area contributed by atoms with Crippen molar-refractivity contribution in [2.75, 3.05) is 23.7 Å². The van der Waals surface area contributed by atoms with Crippen LogP contribution in [-0.2, 0) is 4.74 Å². The Bertz CT molecular complexity index is 484. The van der Waals surface area contributed by atoms with E-state index in [4.69, 9.17) is 10.5 Å². The van der Waals surface area contributed by atoms with Gasteiger partial charge in [-0.2, -0.15) is 0 Å². The number of alkyl carbamates (subject to hydrolysis) is 1. The predicted molar refractivity (Wildman–Crippen MR) is 78.6 cm³/mol. The number of carbonyl (C=O) groups excluding carboxylic acids is 1. The Morgan fingerprint density at radius 1 is 1.55 bits per heavy atom. The maximum atomic E-state index is 11.7. The molecule has 6 nitrogen and oxygen atoms in total. The van der Waals surface area contributed by atoms with Crippen LogP contribution < -0.4 is 16.0 Å². The number of anilines is 2. The third kappa shape index (κ3) is 3.76. The van der Waals surface area contributed by atoms with Crippen molar-refractivity contribution in [3.8, 4) is 0 Å². The molecule has 20 heavy (non-hydrogen) atoms. The van der Waals surface area contributed by atoms with Crippen molar-refractivity contribution in [1.82, 2.24) is 10.3 Å². The van der Waals surface area contributed by atoms with Crippen molar-refractivity contribution in [2.45, 2.75) is 38.8 Å². The molecule has 110 valence electrons. The largest absolute Gasteiger partial charge is 0.444 e. The van der Waals surface area contributed by atoms with Gasteiger partial charge in [0.2, 0.25) is 0 Å². The molecule has 1 aromatic heterocycles. The highest BCUT2D eigenvalue weighted by Crippen LogP contribution is 2.23. The van der Waals surface area contributed by atoms with E-state index < -0.39 is 5.60 Å². The van der Waals surface area contributed by atoms with Crippen LogP contribution in [0, 0.1) is 0 Å². The van der Waals surface area contributed by atoms with Crippen LogP contribution in [0.2, 0.25) is 0 Å². The topological polar surface area (TPSA) is 80.5 Å². The van der Waals surface area contributed by atoms with Crippen molar-refractivity contribution in [2.24, 2.45) is 0 Å². The average molecular weight is 278 g/mol. The summed E-state index contributed by atoms with van der Waals surface area (Å²) >= 11 is 0. The number of hydrogen-bond donors (Lipinski definition) is 2. The Morgan fingerprint density at radius 3 is 2.95 bits per heavy atom. The van der Waals surface area contributed by atoms with Crippen LogP contribution in [0.1, 0.15) is 27.2 Å². The van der Waals surface area contributed by atoms with Gasteiger partial charge >= 0.3 is 6.09 Å². The van der Waals surface area contributed by atoms with Gasteiger partial charge in [-0.1, -0.05) is 0 Å². The van der Waals surface area contributed by atoms with Gasteiger partial charge in [-0.15, -0.1) is 0 Å². The first-order chi connectivity index (χ1) is 9.35. The Balaban J connectivity index is 1.90. The third-order valence-electron chi connectivity index (χ3n) is 3.03. The molecule has 0 aliphatic carbocycles. The Labute approximate surface area is 119 Å². The van der Waals surface area contributed by atoms with E-state index in [-0.39, 0.29) is 12.1 Å². The molecule has 6 heteroatoms. The lowest BCUT2D eigenvalue weighted by molar-refractivity contribution is 0.0509. The summed E-state index contributed by atoms with van der Waals surface area (Å²) in [5, 5.41) is 2.88. The molecule has 3 N–H and O–H groups in total. The van der Waals surface area contributed by atoms with Gasteiger partial charge in [0.25, 0.3) is 0 Å². The second-order valence-corrected chi connectivity index (χ2v) is 5.99. The number of hydrogen-bond acceptors (Lipinski definition) is 5. The van der Waals surface area contributed by atoms with Gasteiger partial charge in [-0.05, 0) is 39.3 Å². The van der Waals surface area contributed by atoms with Gasteiger partial charge in [0, 0.05) is 19.3 Å². The highest BCUT2D eigenvalue weighted by atomic mass is 16.6. The molecule has 1 amide bonds. The second kappa shape index (κ2) is 5.56. The smallest absolute Gasteiger partial charge is 0.407 e. The number of nitrogens with zero attached hydrogens (tertiary/aromatic N) is 2. The van der Waals surface area contributed by atoms with Crippen LogP contribution in [-0.4, -0.2) is 35.8 Å². The van der Waals surface area contributed by atoms with E-state index in [0.29, 0.717) is 12.2 Å². The lowest BCUT2D eigenvalue weighted by Gasteiger charge is -2.22. The fourth-order valence-electron chi connectivity index (χ4n) is 2.22. The molecule has 0 saturated carbocycles. The molecule has 1 saturated heterocycles. The highest BCUT2D eigenvalue weighted by Gasteiger charge is 2.27. The third-order valence-corrected chi connectivity index (χ3v) is 3.03. The van der Waals surface area contributed by atoms with Gasteiger partial charge in [-0.3, -0.25) is 0 Å². The first-order valence-corrected chi connectivity index (χ1v) is 6.80. The van der Waals surface area contributed by atoms with Crippen molar-refractivity contribution in [1.29, 1.82) is 0 Å². The van der Waals surface area contributed by atoms with Gasteiger partial charge < -0.3 is 20.7 Å². The zero-order valence-corrected chi connectivity index (χ0v) is 12.2. The molecule has 1 aliphatic heterocycles. The van der Waals surface area contributed by atoms with Crippen molar-refractivity contribution in [3.05, 3.63) is 18.3 Å². The molecular weight excluding hydrogens is 256 g/mol. The van der Waals surface area contributed by atoms with Crippen molar-refractivity contribution >= 4 is 17.6 Å². The molecule has 1 fully saturated rings. The van der Waals surface area contributed by atoms with Gasteiger partial charge in [-0.25, -0.2) is 9.78 Å². The SMILES string of the molecule is CC(C)(C)OC(=O)N[C@@H]1CCN(c2ncccc2N)C1. The number of carbonyl (C=O) groups is 1. The normalized spacial score (nSPS) is 18.9. The Kier molecular flexibility index (Phi) is 4.01. The maximum Gasteiger partial charge on any atom is 0.407 e. The number of aromatic nitrogens is 1. The van der Waals surface area contributed by atoms with Gasteiger partial charge in [0.05, 0.1) is 11.7 Å². The molecule has 0 bridgehead atoms. The maximum absolute atomic E-state index is 11.7. The summed E-state index contributed by atoms with van der Waals surface area (Å²) < 4.78 is 5.26. The van der Waals surface area contributed by atoms with Gasteiger partial charge in [0.1, 0.15) is 5.60 Å². The van der Waals surface area contributed by atoms with Crippen LogP contribution in [0.15, 0.2) is 18.3 Å². The molecular formula is C14H22N4O2. The fourth-order valence-corrected chi connectivity index (χ4v) is 2.22. The molecule has 0 spiro atoms.